The minimum atomic E-state index is -0.719. The predicted molar refractivity (Wildman–Crippen MR) is 67.0 cm³/mol. The third-order valence-corrected chi connectivity index (χ3v) is 3.37. The number of hydrogen-bond donors (Lipinski definition) is 2. The van der Waals surface area contributed by atoms with Crippen molar-refractivity contribution < 1.29 is 19.0 Å². The third kappa shape index (κ3) is 2.71. The number of likely N-dealkylation sites (tertiary alicyclic amines) is 1. The minimum absolute atomic E-state index is 0.306. The van der Waals surface area contributed by atoms with Gasteiger partial charge >= 0.3 is 0 Å². The molecule has 102 valence electrons. The first-order chi connectivity index (χ1) is 9.11. The Labute approximate surface area is 117 Å². The van der Waals surface area contributed by atoms with Crippen LogP contribution in [0.3, 0.4) is 0 Å². The first kappa shape index (κ1) is 12.8. The Morgan fingerprint density at radius 2 is 1.95 bits per heavy atom. The van der Waals surface area contributed by atoms with Gasteiger partial charge in [-0.3, -0.25) is 4.90 Å². The first-order valence-corrected chi connectivity index (χ1v) is 6.57. The van der Waals surface area contributed by atoms with Gasteiger partial charge in [-0.2, -0.15) is 0 Å². The van der Waals surface area contributed by atoms with Gasteiger partial charge in [0.2, 0.25) is 5.89 Å². The third-order valence-electron chi connectivity index (χ3n) is 2.94. The maximum absolute atomic E-state index is 9.45. The molecule has 0 radical (unpaired) electrons. The lowest BCUT2D eigenvalue weighted by atomic mass is 10.3. The quantitative estimate of drug-likeness (QED) is 0.852. The molecule has 0 saturated carbocycles. The second-order valence-electron chi connectivity index (χ2n) is 4.43. The lowest BCUT2D eigenvalue weighted by Gasteiger charge is -2.10. The van der Waals surface area contributed by atoms with Gasteiger partial charge in [0, 0.05) is 13.1 Å². The fraction of sp³-hybridized carbons (Fsp3) is 0.455. The van der Waals surface area contributed by atoms with Crippen molar-refractivity contribution in [2.24, 2.45) is 0 Å². The SMILES string of the molecule is O[C@@H]1CN(Cc2nnc(-c3ccc(Br)o3)o2)C[C@@H]1O. The zero-order valence-corrected chi connectivity index (χ0v) is 11.4. The van der Waals surface area contributed by atoms with E-state index in [-0.39, 0.29) is 0 Å². The highest BCUT2D eigenvalue weighted by Gasteiger charge is 2.30. The average molecular weight is 330 g/mol. The molecule has 0 amide bonds. The number of β-amino-alcohol motifs (C(OH)–C–C–N with tert-alkyl or cyclic N) is 2. The Morgan fingerprint density at radius 3 is 2.58 bits per heavy atom. The Bertz CT molecular complexity index is 560. The molecule has 2 atom stereocenters. The number of aliphatic hydroxyl groups is 2. The van der Waals surface area contributed by atoms with E-state index in [0.717, 1.165) is 0 Å². The largest absolute Gasteiger partial charge is 0.444 e. The van der Waals surface area contributed by atoms with Gasteiger partial charge in [-0.05, 0) is 28.1 Å². The smallest absolute Gasteiger partial charge is 0.283 e. The highest BCUT2D eigenvalue weighted by atomic mass is 79.9. The molecule has 0 aliphatic carbocycles. The number of aliphatic hydroxyl groups excluding tert-OH is 2. The molecule has 0 spiro atoms. The number of hydrogen-bond acceptors (Lipinski definition) is 7. The van der Waals surface area contributed by atoms with Crippen LogP contribution in [-0.2, 0) is 6.54 Å². The van der Waals surface area contributed by atoms with E-state index in [1.807, 2.05) is 4.90 Å². The van der Waals surface area contributed by atoms with Crippen LogP contribution in [0, 0.1) is 0 Å². The molecule has 0 bridgehead atoms. The molecule has 1 aliphatic rings. The molecular formula is C11H12BrN3O4. The number of rotatable bonds is 3. The van der Waals surface area contributed by atoms with E-state index in [0.29, 0.717) is 41.8 Å². The van der Waals surface area contributed by atoms with Crippen LogP contribution in [0.15, 0.2) is 25.6 Å². The van der Waals surface area contributed by atoms with Crippen LogP contribution in [0.25, 0.3) is 11.7 Å². The first-order valence-electron chi connectivity index (χ1n) is 5.78. The summed E-state index contributed by atoms with van der Waals surface area (Å²) in [6.45, 7) is 1.18. The zero-order valence-electron chi connectivity index (χ0n) is 9.86. The summed E-state index contributed by atoms with van der Waals surface area (Å²) in [6, 6.07) is 3.47. The average Bonchev–Trinajstić information content (AvgIpc) is 3.03. The fourth-order valence-electron chi connectivity index (χ4n) is 2.01. The second kappa shape index (κ2) is 5.04. The number of nitrogens with zero attached hydrogens (tertiary/aromatic N) is 3. The molecule has 1 aliphatic heterocycles. The van der Waals surface area contributed by atoms with E-state index in [1.165, 1.54) is 0 Å². The molecule has 1 saturated heterocycles. The summed E-state index contributed by atoms with van der Waals surface area (Å²) < 4.78 is 11.4. The zero-order chi connectivity index (χ0) is 13.4. The van der Waals surface area contributed by atoms with Gasteiger partial charge in [-0.1, -0.05) is 0 Å². The van der Waals surface area contributed by atoms with Crippen molar-refractivity contribution >= 4 is 15.9 Å². The summed E-state index contributed by atoms with van der Waals surface area (Å²) in [7, 11) is 0. The maximum atomic E-state index is 9.45. The number of furan rings is 1. The van der Waals surface area contributed by atoms with Gasteiger partial charge < -0.3 is 19.0 Å². The molecule has 2 N–H and O–H groups in total. The van der Waals surface area contributed by atoms with Gasteiger partial charge in [0.1, 0.15) is 0 Å². The van der Waals surface area contributed by atoms with Gasteiger partial charge in [0.15, 0.2) is 10.4 Å². The summed E-state index contributed by atoms with van der Waals surface area (Å²) in [6.07, 6.45) is -1.44. The van der Waals surface area contributed by atoms with Crippen molar-refractivity contribution in [2.75, 3.05) is 13.1 Å². The molecule has 8 heteroatoms. The van der Waals surface area contributed by atoms with Crippen molar-refractivity contribution in [1.82, 2.24) is 15.1 Å². The van der Waals surface area contributed by atoms with Crippen LogP contribution in [0.5, 0.6) is 0 Å². The van der Waals surface area contributed by atoms with E-state index in [4.69, 9.17) is 8.83 Å². The molecule has 3 heterocycles. The molecule has 2 aromatic heterocycles. The Hall–Kier alpha value is -1.22. The monoisotopic (exact) mass is 329 g/mol. The molecule has 2 aromatic rings. The molecule has 7 nitrogen and oxygen atoms in total. The van der Waals surface area contributed by atoms with Gasteiger partial charge in [-0.25, -0.2) is 0 Å². The van der Waals surface area contributed by atoms with Crippen molar-refractivity contribution in [3.05, 3.63) is 22.7 Å². The van der Waals surface area contributed by atoms with Crippen LogP contribution in [0.2, 0.25) is 0 Å². The van der Waals surface area contributed by atoms with Crippen LogP contribution in [0.4, 0.5) is 0 Å². The molecule has 19 heavy (non-hydrogen) atoms. The lowest BCUT2D eigenvalue weighted by Crippen LogP contribution is -2.22. The minimum Gasteiger partial charge on any atom is -0.444 e. The Morgan fingerprint density at radius 1 is 1.21 bits per heavy atom. The highest BCUT2D eigenvalue weighted by Crippen LogP contribution is 2.24. The molecule has 3 rings (SSSR count). The van der Waals surface area contributed by atoms with Crippen LogP contribution < -0.4 is 0 Å². The standard InChI is InChI=1S/C11H12BrN3O4/c12-9-2-1-8(18-9)11-14-13-10(19-11)5-15-3-6(16)7(17)4-15/h1-2,6-7,16-17H,3-5H2/t6-,7+. The van der Waals surface area contributed by atoms with Crippen molar-refractivity contribution in [1.29, 1.82) is 0 Å². The topological polar surface area (TPSA) is 95.8 Å². The van der Waals surface area contributed by atoms with Crippen molar-refractivity contribution in [2.45, 2.75) is 18.8 Å². The number of aromatic nitrogens is 2. The van der Waals surface area contributed by atoms with Crippen LogP contribution in [0.1, 0.15) is 5.89 Å². The molecule has 0 aromatic carbocycles. The second-order valence-corrected chi connectivity index (χ2v) is 5.22. The van der Waals surface area contributed by atoms with Crippen LogP contribution >= 0.6 is 15.9 Å². The van der Waals surface area contributed by atoms with E-state index in [1.54, 1.807) is 12.1 Å². The Balaban J connectivity index is 1.69. The summed E-state index contributed by atoms with van der Waals surface area (Å²) in [5, 5.41) is 26.7. The van der Waals surface area contributed by atoms with Crippen molar-refractivity contribution in [3.8, 4) is 11.7 Å². The van der Waals surface area contributed by atoms with E-state index < -0.39 is 12.2 Å². The fourth-order valence-corrected chi connectivity index (χ4v) is 2.32. The normalized spacial score (nSPS) is 24.2. The summed E-state index contributed by atoms with van der Waals surface area (Å²) in [5.74, 6) is 1.22. The van der Waals surface area contributed by atoms with Crippen molar-refractivity contribution in [3.63, 3.8) is 0 Å². The highest BCUT2D eigenvalue weighted by molar-refractivity contribution is 9.10. The molecule has 0 unspecified atom stereocenters. The summed E-state index contributed by atoms with van der Waals surface area (Å²) >= 11 is 3.20. The maximum Gasteiger partial charge on any atom is 0.283 e. The number of halogens is 1. The van der Waals surface area contributed by atoms with E-state index in [9.17, 15) is 10.2 Å². The van der Waals surface area contributed by atoms with E-state index in [2.05, 4.69) is 26.1 Å². The predicted octanol–water partition coefficient (Wildman–Crippen LogP) is 0.630. The van der Waals surface area contributed by atoms with Gasteiger partial charge in [0.05, 0.1) is 18.8 Å². The Kier molecular flexibility index (Phi) is 3.40. The van der Waals surface area contributed by atoms with Crippen LogP contribution in [-0.4, -0.2) is 50.6 Å². The van der Waals surface area contributed by atoms with Gasteiger partial charge in [0.25, 0.3) is 5.89 Å². The van der Waals surface area contributed by atoms with E-state index >= 15 is 0 Å². The molecule has 1 fully saturated rings. The summed E-state index contributed by atoms with van der Waals surface area (Å²) in [5.41, 5.74) is 0. The van der Waals surface area contributed by atoms with Gasteiger partial charge in [-0.15, -0.1) is 10.2 Å². The lowest BCUT2D eigenvalue weighted by molar-refractivity contribution is 0.0572. The summed E-state index contributed by atoms with van der Waals surface area (Å²) in [4.78, 5) is 1.85. The molecular weight excluding hydrogens is 318 g/mol.